The molecule has 1 heterocycles. The zero-order valence-corrected chi connectivity index (χ0v) is 11.5. The molecule has 1 aliphatic carbocycles. The van der Waals surface area contributed by atoms with Crippen LogP contribution in [0.5, 0.6) is 0 Å². The van der Waals surface area contributed by atoms with Crippen LogP contribution in [0.1, 0.15) is 26.7 Å². The first-order valence-corrected chi connectivity index (χ1v) is 7.73. The van der Waals surface area contributed by atoms with Crippen molar-refractivity contribution in [2.24, 2.45) is 5.92 Å². The molecule has 2 atom stereocenters. The van der Waals surface area contributed by atoms with Gasteiger partial charge in [0.25, 0.3) is 0 Å². The van der Waals surface area contributed by atoms with Crippen molar-refractivity contribution in [1.82, 2.24) is 9.71 Å². The minimum absolute atomic E-state index is 0.0780. The van der Waals surface area contributed by atoms with E-state index in [1.54, 1.807) is 12.3 Å². The van der Waals surface area contributed by atoms with Gasteiger partial charge in [0.05, 0.1) is 5.69 Å². The van der Waals surface area contributed by atoms with E-state index in [4.69, 9.17) is 0 Å². The fourth-order valence-electron chi connectivity index (χ4n) is 1.75. The smallest absolute Gasteiger partial charge is 0.244 e. The van der Waals surface area contributed by atoms with E-state index in [-0.39, 0.29) is 10.9 Å². The van der Waals surface area contributed by atoms with Crippen LogP contribution in [0.3, 0.4) is 0 Å². The monoisotopic (exact) mass is 269 g/mol. The van der Waals surface area contributed by atoms with Crippen molar-refractivity contribution in [3.8, 4) is 0 Å². The maximum atomic E-state index is 12.2. The Labute approximate surface area is 108 Å². The molecule has 1 saturated carbocycles. The van der Waals surface area contributed by atoms with Crippen LogP contribution in [-0.4, -0.2) is 26.0 Å². The van der Waals surface area contributed by atoms with Crippen LogP contribution in [0.4, 0.5) is 5.69 Å². The minimum atomic E-state index is -3.47. The Morgan fingerprint density at radius 2 is 2.22 bits per heavy atom. The van der Waals surface area contributed by atoms with Crippen molar-refractivity contribution in [2.45, 2.75) is 37.6 Å². The summed E-state index contributed by atoms with van der Waals surface area (Å²) in [6, 6.07) is 1.77. The molecule has 0 aliphatic heterocycles. The molecule has 2 N–H and O–H groups in total. The molecule has 1 aromatic rings. The number of rotatable bonds is 6. The van der Waals surface area contributed by atoms with Crippen LogP contribution < -0.4 is 10.0 Å². The Kier molecular flexibility index (Phi) is 3.87. The molecule has 0 radical (unpaired) electrons. The average molecular weight is 269 g/mol. The first kappa shape index (κ1) is 13.3. The zero-order valence-electron chi connectivity index (χ0n) is 10.7. The highest BCUT2D eigenvalue weighted by molar-refractivity contribution is 7.89. The van der Waals surface area contributed by atoms with E-state index in [2.05, 4.69) is 15.0 Å². The second-order valence-electron chi connectivity index (χ2n) is 4.74. The second-order valence-corrected chi connectivity index (χ2v) is 6.42. The van der Waals surface area contributed by atoms with Gasteiger partial charge in [-0.25, -0.2) is 13.1 Å². The lowest BCUT2D eigenvalue weighted by Gasteiger charge is -2.12. The first-order valence-electron chi connectivity index (χ1n) is 6.25. The number of nitrogens with one attached hydrogen (secondary N) is 2. The number of nitrogens with zero attached hydrogens (tertiary/aromatic N) is 1. The summed E-state index contributed by atoms with van der Waals surface area (Å²) in [5.41, 5.74) is 0.618. The highest BCUT2D eigenvalue weighted by atomic mass is 32.2. The van der Waals surface area contributed by atoms with E-state index in [9.17, 15) is 8.42 Å². The summed E-state index contributed by atoms with van der Waals surface area (Å²) in [7, 11) is -3.47. The maximum absolute atomic E-state index is 12.2. The van der Waals surface area contributed by atoms with Crippen LogP contribution in [0, 0.1) is 5.92 Å². The predicted octanol–water partition coefficient (Wildman–Crippen LogP) is 1.59. The molecule has 0 spiro atoms. The fourth-order valence-corrected chi connectivity index (χ4v) is 3.23. The normalized spacial score (nSPS) is 22.8. The van der Waals surface area contributed by atoms with Gasteiger partial charge in [0.1, 0.15) is 4.90 Å². The topological polar surface area (TPSA) is 71.1 Å². The SMILES string of the molecule is CCCNc1ccncc1S(=O)(=O)NC1CC1C. The largest absolute Gasteiger partial charge is 0.384 e. The van der Waals surface area contributed by atoms with E-state index >= 15 is 0 Å². The molecule has 2 rings (SSSR count). The lowest BCUT2D eigenvalue weighted by atomic mass is 10.4. The van der Waals surface area contributed by atoms with Crippen LogP contribution in [0.2, 0.25) is 0 Å². The highest BCUT2D eigenvalue weighted by Crippen LogP contribution is 2.31. The van der Waals surface area contributed by atoms with Gasteiger partial charge in [-0.3, -0.25) is 4.98 Å². The third-order valence-electron chi connectivity index (χ3n) is 3.06. The van der Waals surface area contributed by atoms with E-state index in [0.29, 0.717) is 11.6 Å². The molecule has 100 valence electrons. The van der Waals surface area contributed by atoms with Crippen LogP contribution in [0.25, 0.3) is 0 Å². The molecule has 2 unspecified atom stereocenters. The van der Waals surface area contributed by atoms with Gasteiger partial charge in [0.2, 0.25) is 10.0 Å². The van der Waals surface area contributed by atoms with Gasteiger partial charge < -0.3 is 5.32 Å². The summed E-state index contributed by atoms with van der Waals surface area (Å²) in [4.78, 5) is 4.14. The molecule has 0 amide bonds. The molecule has 6 heteroatoms. The van der Waals surface area contributed by atoms with Crippen LogP contribution >= 0.6 is 0 Å². The molecule has 0 saturated heterocycles. The molecule has 1 aromatic heterocycles. The number of aromatic nitrogens is 1. The van der Waals surface area contributed by atoms with Crippen molar-refractivity contribution in [3.05, 3.63) is 18.5 Å². The molecule has 18 heavy (non-hydrogen) atoms. The van der Waals surface area contributed by atoms with Gasteiger partial charge in [-0.2, -0.15) is 0 Å². The second kappa shape index (κ2) is 5.24. The highest BCUT2D eigenvalue weighted by Gasteiger charge is 2.37. The Hall–Kier alpha value is -1.14. The molecule has 5 nitrogen and oxygen atoms in total. The zero-order chi connectivity index (χ0) is 13.2. The van der Waals surface area contributed by atoms with Gasteiger partial charge in [-0.1, -0.05) is 13.8 Å². The molecular formula is C12H19N3O2S. The fraction of sp³-hybridized carbons (Fsp3) is 0.583. The Morgan fingerprint density at radius 3 is 2.83 bits per heavy atom. The molecule has 0 aromatic carbocycles. The predicted molar refractivity (Wildman–Crippen MR) is 70.9 cm³/mol. The molecule has 0 bridgehead atoms. The number of anilines is 1. The lowest BCUT2D eigenvalue weighted by molar-refractivity contribution is 0.578. The van der Waals surface area contributed by atoms with E-state index < -0.39 is 10.0 Å². The Morgan fingerprint density at radius 1 is 1.50 bits per heavy atom. The standard InChI is InChI=1S/C12H19N3O2S/c1-3-5-14-10-4-6-13-8-12(10)18(16,17)15-11-7-9(11)2/h4,6,8-9,11,15H,3,5,7H2,1-2H3,(H,13,14). The lowest BCUT2D eigenvalue weighted by Crippen LogP contribution is -2.27. The van der Waals surface area contributed by atoms with Gasteiger partial charge in [0.15, 0.2) is 0 Å². The van der Waals surface area contributed by atoms with E-state index in [1.807, 2.05) is 13.8 Å². The van der Waals surface area contributed by atoms with Crippen LogP contribution in [-0.2, 0) is 10.0 Å². The van der Waals surface area contributed by atoms with Gasteiger partial charge in [-0.15, -0.1) is 0 Å². The number of hydrogen-bond donors (Lipinski definition) is 2. The molecule has 1 fully saturated rings. The summed E-state index contributed by atoms with van der Waals surface area (Å²) >= 11 is 0. The number of hydrogen-bond acceptors (Lipinski definition) is 4. The van der Waals surface area contributed by atoms with Crippen molar-refractivity contribution < 1.29 is 8.42 Å². The first-order chi connectivity index (χ1) is 8.54. The maximum Gasteiger partial charge on any atom is 0.244 e. The number of sulfonamides is 1. The van der Waals surface area contributed by atoms with Gasteiger partial charge >= 0.3 is 0 Å². The summed E-state index contributed by atoms with van der Waals surface area (Å²) < 4.78 is 27.1. The van der Waals surface area contributed by atoms with Crippen LogP contribution in [0.15, 0.2) is 23.4 Å². The molecule has 1 aliphatic rings. The number of pyridine rings is 1. The third-order valence-corrected chi connectivity index (χ3v) is 4.57. The van der Waals surface area contributed by atoms with Crippen molar-refractivity contribution in [3.63, 3.8) is 0 Å². The van der Waals surface area contributed by atoms with Gasteiger partial charge in [0, 0.05) is 25.0 Å². The van der Waals surface area contributed by atoms with Crippen molar-refractivity contribution in [1.29, 1.82) is 0 Å². The average Bonchev–Trinajstić information content (AvgIpc) is 3.01. The van der Waals surface area contributed by atoms with E-state index in [1.165, 1.54) is 6.20 Å². The van der Waals surface area contributed by atoms with Crippen molar-refractivity contribution in [2.75, 3.05) is 11.9 Å². The summed E-state index contributed by atoms with van der Waals surface area (Å²) in [5.74, 6) is 0.434. The summed E-state index contributed by atoms with van der Waals surface area (Å²) in [6.45, 7) is 4.81. The quantitative estimate of drug-likeness (QED) is 0.822. The Bertz CT molecular complexity index is 516. The minimum Gasteiger partial charge on any atom is -0.384 e. The summed E-state index contributed by atoms with van der Waals surface area (Å²) in [5, 5.41) is 3.11. The Balaban J connectivity index is 2.20. The van der Waals surface area contributed by atoms with E-state index in [0.717, 1.165) is 19.4 Å². The molecular weight excluding hydrogens is 250 g/mol. The van der Waals surface area contributed by atoms with Crippen molar-refractivity contribution >= 4 is 15.7 Å². The third kappa shape index (κ3) is 3.00. The van der Waals surface area contributed by atoms with Gasteiger partial charge in [-0.05, 0) is 24.8 Å². The summed E-state index contributed by atoms with van der Waals surface area (Å²) in [6.07, 6.45) is 4.84.